The highest BCUT2D eigenvalue weighted by molar-refractivity contribution is 7.81. The summed E-state index contributed by atoms with van der Waals surface area (Å²) in [5.41, 5.74) is -0.0361. The molecule has 4 amide bonds. The Morgan fingerprint density at radius 3 is 1.33 bits per heavy atom. The molecule has 0 aromatic carbocycles. The van der Waals surface area contributed by atoms with Gasteiger partial charge < -0.3 is 9.80 Å². The number of hydrogen-bond acceptors (Lipinski definition) is 6. The minimum absolute atomic E-state index is 0.0181. The zero-order valence-corrected chi connectivity index (χ0v) is 26.4. The van der Waals surface area contributed by atoms with E-state index in [1.807, 2.05) is 13.8 Å². The van der Waals surface area contributed by atoms with Crippen LogP contribution in [0.5, 0.6) is 0 Å². The molecule has 0 bridgehead atoms. The molecule has 0 spiro atoms. The van der Waals surface area contributed by atoms with Crippen LogP contribution in [0.1, 0.15) is 80.1 Å². The highest BCUT2D eigenvalue weighted by Gasteiger charge is 2.37. The lowest BCUT2D eigenvalue weighted by Crippen LogP contribution is -2.39. The first-order chi connectivity index (χ1) is 16.7. The maximum Gasteiger partial charge on any atom is 0.325 e. The average molecular weight is 575 g/mol. The van der Waals surface area contributed by atoms with Gasteiger partial charge in [0.15, 0.2) is 0 Å². The Kier molecular flexibility index (Phi) is 11.8. The van der Waals surface area contributed by atoms with Gasteiger partial charge in [-0.05, 0) is 63.2 Å². The maximum absolute atomic E-state index is 12.5. The van der Waals surface area contributed by atoms with Crippen molar-refractivity contribution in [3.05, 3.63) is 0 Å². The molecule has 0 radical (unpaired) electrons. The lowest BCUT2D eigenvalue weighted by atomic mass is 9.85. The molecule has 0 aliphatic carbocycles. The summed E-state index contributed by atoms with van der Waals surface area (Å²) in [7, 11) is 0. The fraction of sp³-hybridized carbons (Fsp3) is 0.846. The molecule has 2 fully saturated rings. The number of carbonyl (C=O) groups is 2. The second kappa shape index (κ2) is 13.5. The van der Waals surface area contributed by atoms with Gasteiger partial charge in [-0.25, -0.2) is 9.59 Å². The molecule has 0 saturated carbocycles. The number of carbonyl (C=O) groups excluding carboxylic acids is 2. The van der Waals surface area contributed by atoms with Gasteiger partial charge in [-0.1, -0.05) is 52.1 Å². The third kappa shape index (κ3) is 9.02. The number of amides is 4. The van der Waals surface area contributed by atoms with Crippen LogP contribution in [0.2, 0.25) is 0 Å². The van der Waals surface area contributed by atoms with E-state index in [4.69, 9.17) is 49.7 Å². The molecule has 2 aliphatic rings. The van der Waals surface area contributed by atoms with E-state index in [0.29, 0.717) is 49.8 Å². The molecule has 2 aliphatic heterocycles. The van der Waals surface area contributed by atoms with Crippen LogP contribution in [-0.4, -0.2) is 91.4 Å². The van der Waals surface area contributed by atoms with Crippen LogP contribution in [0.3, 0.4) is 0 Å². The molecule has 36 heavy (non-hydrogen) atoms. The smallest absolute Gasteiger partial charge is 0.318 e. The van der Waals surface area contributed by atoms with Crippen molar-refractivity contribution in [3.63, 3.8) is 0 Å². The normalized spacial score (nSPS) is 19.2. The van der Waals surface area contributed by atoms with Crippen LogP contribution in [-0.2, 0) is 0 Å². The van der Waals surface area contributed by atoms with E-state index in [-0.39, 0.29) is 22.9 Å². The zero-order chi connectivity index (χ0) is 27.3. The molecule has 2 atom stereocenters. The summed E-state index contributed by atoms with van der Waals surface area (Å²) >= 11 is 20.6. The SMILES string of the molecule is CCN1CC(=S)N(CC(C)(C)CCC(S)CCC(S)CCC(C)(C)CN2C(=O)N(CC)CC2=S)C1=O. The van der Waals surface area contributed by atoms with E-state index in [1.165, 1.54) is 0 Å². The third-order valence-corrected chi connectivity index (χ3v) is 9.07. The molecule has 0 aromatic rings. The van der Waals surface area contributed by atoms with Crippen LogP contribution < -0.4 is 0 Å². The molecule has 2 saturated heterocycles. The number of thiol groups is 2. The van der Waals surface area contributed by atoms with E-state index < -0.39 is 0 Å². The van der Waals surface area contributed by atoms with Gasteiger partial charge >= 0.3 is 12.1 Å². The molecule has 0 aromatic heterocycles. The van der Waals surface area contributed by atoms with Gasteiger partial charge in [0.1, 0.15) is 9.98 Å². The van der Waals surface area contributed by atoms with E-state index >= 15 is 0 Å². The minimum atomic E-state index is -0.0181. The largest absolute Gasteiger partial charge is 0.325 e. The zero-order valence-electron chi connectivity index (χ0n) is 23.0. The Morgan fingerprint density at radius 1 is 0.722 bits per heavy atom. The Morgan fingerprint density at radius 2 is 1.06 bits per heavy atom. The Balaban J connectivity index is 1.71. The van der Waals surface area contributed by atoms with Gasteiger partial charge in [-0.2, -0.15) is 25.3 Å². The fourth-order valence-corrected chi connectivity index (χ4v) is 5.95. The molecule has 2 rings (SSSR count). The monoisotopic (exact) mass is 574 g/mol. The Bertz CT molecular complexity index is 754. The van der Waals surface area contributed by atoms with Gasteiger partial charge in [-0.3, -0.25) is 9.80 Å². The van der Waals surface area contributed by atoms with Gasteiger partial charge in [0, 0.05) is 36.7 Å². The van der Waals surface area contributed by atoms with Crippen molar-refractivity contribution >= 4 is 71.7 Å². The Labute approximate surface area is 240 Å². The highest BCUT2D eigenvalue weighted by Crippen LogP contribution is 2.32. The lowest BCUT2D eigenvalue weighted by Gasteiger charge is -2.31. The molecule has 206 valence electrons. The van der Waals surface area contributed by atoms with Crippen LogP contribution in [0.25, 0.3) is 0 Å². The Hall–Kier alpha value is -0.580. The topological polar surface area (TPSA) is 47.1 Å². The van der Waals surface area contributed by atoms with Crippen molar-refractivity contribution in [2.45, 2.75) is 90.6 Å². The quantitative estimate of drug-likeness (QED) is 0.182. The third-order valence-electron chi connectivity index (χ3n) is 7.33. The van der Waals surface area contributed by atoms with E-state index in [0.717, 1.165) is 48.5 Å². The van der Waals surface area contributed by atoms with Crippen molar-refractivity contribution < 1.29 is 9.59 Å². The number of thiocarbonyl (C=S) groups is 2. The summed E-state index contributed by atoms with van der Waals surface area (Å²) in [6.07, 6.45) is 6.00. The van der Waals surface area contributed by atoms with Gasteiger partial charge in [0.25, 0.3) is 0 Å². The standard InChI is InChI=1S/C26H46N4O2S4/c1-7-27-15-21(35)29(23(27)31)17-25(3,4)13-11-19(33)9-10-20(34)12-14-26(5,6)18-30-22(36)16-28(8-2)24(30)32/h19-20,33-34H,7-18H2,1-6H3. The summed E-state index contributed by atoms with van der Waals surface area (Å²) in [5.74, 6) is 0. The first-order valence-electron chi connectivity index (χ1n) is 13.2. The van der Waals surface area contributed by atoms with Crippen molar-refractivity contribution in [1.29, 1.82) is 0 Å². The first-order valence-corrected chi connectivity index (χ1v) is 15.1. The van der Waals surface area contributed by atoms with Gasteiger partial charge in [0.05, 0.1) is 13.1 Å². The fourth-order valence-electron chi connectivity index (χ4n) is 4.80. The maximum atomic E-state index is 12.5. The molecule has 6 nitrogen and oxygen atoms in total. The van der Waals surface area contributed by atoms with E-state index in [2.05, 4.69) is 27.7 Å². The number of urea groups is 2. The van der Waals surface area contributed by atoms with Crippen LogP contribution >= 0.6 is 49.7 Å². The van der Waals surface area contributed by atoms with Crippen LogP contribution in [0.4, 0.5) is 9.59 Å². The average Bonchev–Trinajstić information content (AvgIpc) is 3.23. The summed E-state index contributed by atoms with van der Waals surface area (Å²) in [6, 6.07) is 0.0786. The number of nitrogens with zero attached hydrogens (tertiary/aromatic N) is 4. The lowest BCUT2D eigenvalue weighted by molar-refractivity contribution is 0.179. The molecule has 0 N–H and O–H groups in total. The summed E-state index contributed by atoms with van der Waals surface area (Å²) in [6.45, 7) is 16.6. The number of likely N-dealkylation sites (N-methyl/N-ethyl adjacent to an activating group) is 2. The first kappa shape index (κ1) is 31.6. The predicted molar refractivity (Wildman–Crippen MR) is 165 cm³/mol. The number of hydrogen-bond donors (Lipinski definition) is 2. The summed E-state index contributed by atoms with van der Waals surface area (Å²) < 4.78 is 0. The second-order valence-electron chi connectivity index (χ2n) is 11.8. The molecular formula is C26H46N4O2S4. The van der Waals surface area contributed by atoms with E-state index in [9.17, 15) is 9.59 Å². The second-order valence-corrected chi connectivity index (χ2v) is 14.2. The minimum Gasteiger partial charge on any atom is -0.318 e. The van der Waals surface area contributed by atoms with Crippen LogP contribution in [0.15, 0.2) is 0 Å². The van der Waals surface area contributed by atoms with Crippen LogP contribution in [0, 0.1) is 10.8 Å². The van der Waals surface area contributed by atoms with Crippen molar-refractivity contribution in [1.82, 2.24) is 19.6 Å². The van der Waals surface area contributed by atoms with E-state index in [1.54, 1.807) is 19.6 Å². The molecule has 10 heteroatoms. The molecule has 2 heterocycles. The van der Waals surface area contributed by atoms with Crippen molar-refractivity contribution in [3.8, 4) is 0 Å². The number of rotatable bonds is 15. The van der Waals surface area contributed by atoms with Crippen molar-refractivity contribution in [2.75, 3.05) is 39.3 Å². The summed E-state index contributed by atoms with van der Waals surface area (Å²) in [5, 5.41) is 0.611. The highest BCUT2D eigenvalue weighted by atomic mass is 32.1. The van der Waals surface area contributed by atoms with Crippen molar-refractivity contribution in [2.24, 2.45) is 10.8 Å². The molecule has 2 unspecified atom stereocenters. The summed E-state index contributed by atoms with van der Waals surface area (Å²) in [4.78, 5) is 33.7. The van der Waals surface area contributed by atoms with Gasteiger partial charge in [0.2, 0.25) is 0 Å². The molecular weight excluding hydrogens is 529 g/mol. The predicted octanol–water partition coefficient (Wildman–Crippen LogP) is 6.15. The van der Waals surface area contributed by atoms with Gasteiger partial charge in [-0.15, -0.1) is 0 Å².